The quantitative estimate of drug-likeness (QED) is 0.720. The van der Waals surface area contributed by atoms with Gasteiger partial charge in [0.05, 0.1) is 5.69 Å². The summed E-state index contributed by atoms with van der Waals surface area (Å²) in [5.41, 5.74) is 4.07. The van der Waals surface area contributed by atoms with E-state index in [1.54, 1.807) is 0 Å². The van der Waals surface area contributed by atoms with E-state index in [-0.39, 0.29) is 5.91 Å². The minimum absolute atomic E-state index is 0.0151. The lowest BCUT2D eigenvalue weighted by Gasteiger charge is -2.07. The molecule has 0 atom stereocenters. The Kier molecular flexibility index (Phi) is 4.16. The number of fused-ring (bicyclic) bond motifs is 1. The van der Waals surface area contributed by atoms with Gasteiger partial charge in [-0.05, 0) is 49.2 Å². The van der Waals surface area contributed by atoms with Crippen LogP contribution in [0, 0.1) is 6.92 Å². The second kappa shape index (κ2) is 6.24. The number of rotatable bonds is 4. The van der Waals surface area contributed by atoms with E-state index >= 15 is 0 Å². The summed E-state index contributed by atoms with van der Waals surface area (Å²) < 4.78 is 0. The van der Waals surface area contributed by atoms with Crippen LogP contribution in [0.2, 0.25) is 5.02 Å². The van der Waals surface area contributed by atoms with Crippen LogP contribution in [0.3, 0.4) is 0 Å². The summed E-state index contributed by atoms with van der Waals surface area (Å²) in [4.78, 5) is 15.4. The average molecular weight is 313 g/mol. The Bertz CT molecular complexity index is 806. The molecule has 0 radical (unpaired) electrons. The van der Waals surface area contributed by atoms with Gasteiger partial charge in [0, 0.05) is 28.0 Å². The predicted molar refractivity (Wildman–Crippen MR) is 91.4 cm³/mol. The van der Waals surface area contributed by atoms with E-state index in [0.29, 0.717) is 17.9 Å². The molecular weight excluding hydrogens is 296 g/mol. The molecule has 0 saturated carbocycles. The summed E-state index contributed by atoms with van der Waals surface area (Å²) in [7, 11) is 0. The molecule has 3 nitrogen and oxygen atoms in total. The third-order valence-corrected chi connectivity index (χ3v) is 3.88. The van der Waals surface area contributed by atoms with Crippen LogP contribution in [-0.4, -0.2) is 10.9 Å². The van der Waals surface area contributed by atoms with E-state index in [1.807, 2.05) is 55.5 Å². The average Bonchev–Trinajstić information content (AvgIpc) is 2.88. The molecule has 2 N–H and O–H groups in total. The first-order chi connectivity index (χ1) is 10.6. The molecule has 1 amide bonds. The number of aromatic nitrogens is 1. The monoisotopic (exact) mass is 312 g/mol. The molecule has 22 heavy (non-hydrogen) atoms. The molecular formula is C18H17ClN2O. The molecule has 0 fully saturated rings. The fourth-order valence-electron chi connectivity index (χ4n) is 2.53. The molecule has 0 aliphatic carbocycles. The number of carbonyl (C=O) groups is 1. The largest absolute Gasteiger partial charge is 0.359 e. The molecule has 112 valence electrons. The first-order valence-electron chi connectivity index (χ1n) is 7.24. The van der Waals surface area contributed by atoms with Gasteiger partial charge in [0.25, 0.3) is 0 Å². The molecule has 0 unspecified atom stereocenters. The minimum Gasteiger partial charge on any atom is -0.359 e. The number of aryl methyl sites for hydroxylation is 2. The molecule has 3 rings (SSSR count). The number of H-pyrrole nitrogens is 1. The summed E-state index contributed by atoms with van der Waals surface area (Å²) >= 11 is 5.86. The van der Waals surface area contributed by atoms with E-state index in [0.717, 1.165) is 27.8 Å². The van der Waals surface area contributed by atoms with Crippen molar-refractivity contribution in [1.29, 1.82) is 0 Å². The number of benzene rings is 2. The summed E-state index contributed by atoms with van der Waals surface area (Å²) in [5, 5.41) is 4.75. The van der Waals surface area contributed by atoms with E-state index in [2.05, 4.69) is 10.3 Å². The van der Waals surface area contributed by atoms with Crippen molar-refractivity contribution in [3.63, 3.8) is 0 Å². The third kappa shape index (κ3) is 3.31. The summed E-state index contributed by atoms with van der Waals surface area (Å²) in [6.45, 7) is 2.01. The Balaban J connectivity index is 1.67. The van der Waals surface area contributed by atoms with E-state index in [1.165, 1.54) is 0 Å². The van der Waals surface area contributed by atoms with Crippen molar-refractivity contribution in [2.75, 3.05) is 5.32 Å². The maximum absolute atomic E-state index is 12.2. The summed E-state index contributed by atoms with van der Waals surface area (Å²) in [5.74, 6) is 0.0151. The van der Waals surface area contributed by atoms with Crippen LogP contribution >= 0.6 is 11.6 Å². The number of nitrogens with one attached hydrogen (secondary N) is 2. The van der Waals surface area contributed by atoms with Gasteiger partial charge in [0.15, 0.2) is 0 Å². The van der Waals surface area contributed by atoms with Gasteiger partial charge >= 0.3 is 0 Å². The molecule has 0 aliphatic heterocycles. The van der Waals surface area contributed by atoms with Crippen molar-refractivity contribution in [1.82, 2.24) is 4.98 Å². The van der Waals surface area contributed by atoms with Gasteiger partial charge in [-0.25, -0.2) is 0 Å². The SMILES string of the molecule is Cc1cc2c(NC(=O)CCc3ccc(Cl)cc3)cccc2[nH]1. The smallest absolute Gasteiger partial charge is 0.224 e. The van der Waals surface area contributed by atoms with E-state index in [9.17, 15) is 4.79 Å². The van der Waals surface area contributed by atoms with Crippen molar-refractivity contribution in [2.45, 2.75) is 19.8 Å². The molecule has 1 heterocycles. The first-order valence-corrected chi connectivity index (χ1v) is 7.62. The second-order valence-electron chi connectivity index (χ2n) is 5.39. The van der Waals surface area contributed by atoms with Crippen LogP contribution in [0.1, 0.15) is 17.7 Å². The van der Waals surface area contributed by atoms with Crippen LogP contribution < -0.4 is 5.32 Å². The highest BCUT2D eigenvalue weighted by Crippen LogP contribution is 2.24. The zero-order valence-electron chi connectivity index (χ0n) is 12.3. The maximum Gasteiger partial charge on any atom is 0.224 e. The number of carbonyl (C=O) groups excluding carboxylic acids is 1. The van der Waals surface area contributed by atoms with Gasteiger partial charge in [0.1, 0.15) is 0 Å². The van der Waals surface area contributed by atoms with Crippen molar-refractivity contribution in [3.8, 4) is 0 Å². The van der Waals surface area contributed by atoms with Gasteiger partial charge in [-0.1, -0.05) is 29.8 Å². The zero-order valence-corrected chi connectivity index (χ0v) is 13.1. The molecule has 1 aromatic heterocycles. The lowest BCUT2D eigenvalue weighted by Crippen LogP contribution is -2.12. The molecule has 0 bridgehead atoms. The molecule has 3 aromatic rings. The highest BCUT2D eigenvalue weighted by Gasteiger charge is 2.07. The number of hydrogen-bond acceptors (Lipinski definition) is 1. The van der Waals surface area contributed by atoms with Crippen molar-refractivity contribution in [2.24, 2.45) is 0 Å². The van der Waals surface area contributed by atoms with Crippen LogP contribution in [0.5, 0.6) is 0 Å². The Hall–Kier alpha value is -2.26. The Labute approximate surface area is 134 Å². The van der Waals surface area contributed by atoms with Crippen molar-refractivity contribution >= 4 is 34.1 Å². The van der Waals surface area contributed by atoms with Crippen LogP contribution in [-0.2, 0) is 11.2 Å². The molecule has 2 aromatic carbocycles. The van der Waals surface area contributed by atoms with Gasteiger partial charge in [-0.3, -0.25) is 4.79 Å². The Morgan fingerprint density at radius 3 is 2.73 bits per heavy atom. The molecule has 0 aliphatic rings. The van der Waals surface area contributed by atoms with Crippen LogP contribution in [0.25, 0.3) is 10.9 Å². The van der Waals surface area contributed by atoms with E-state index < -0.39 is 0 Å². The lowest BCUT2D eigenvalue weighted by atomic mass is 10.1. The maximum atomic E-state index is 12.2. The highest BCUT2D eigenvalue weighted by atomic mass is 35.5. The van der Waals surface area contributed by atoms with Crippen LogP contribution in [0.4, 0.5) is 5.69 Å². The van der Waals surface area contributed by atoms with Gasteiger partial charge in [-0.15, -0.1) is 0 Å². The third-order valence-electron chi connectivity index (χ3n) is 3.63. The second-order valence-corrected chi connectivity index (χ2v) is 5.83. The van der Waals surface area contributed by atoms with Gasteiger partial charge in [-0.2, -0.15) is 0 Å². The predicted octanol–water partition coefficient (Wildman–Crippen LogP) is 4.70. The number of anilines is 1. The standard InChI is InChI=1S/C18H17ClN2O/c1-12-11-15-16(20-12)3-2-4-17(15)21-18(22)10-7-13-5-8-14(19)9-6-13/h2-6,8-9,11,20H,7,10H2,1H3,(H,21,22). The van der Waals surface area contributed by atoms with E-state index in [4.69, 9.17) is 11.6 Å². The minimum atomic E-state index is 0.0151. The van der Waals surface area contributed by atoms with Crippen molar-refractivity contribution < 1.29 is 4.79 Å². The summed E-state index contributed by atoms with van der Waals surface area (Å²) in [6.07, 6.45) is 1.15. The number of aromatic amines is 1. The fourth-order valence-corrected chi connectivity index (χ4v) is 2.65. The van der Waals surface area contributed by atoms with Crippen molar-refractivity contribution in [3.05, 3.63) is 64.8 Å². The fraction of sp³-hybridized carbons (Fsp3) is 0.167. The normalized spacial score (nSPS) is 10.8. The highest BCUT2D eigenvalue weighted by molar-refractivity contribution is 6.30. The molecule has 0 spiro atoms. The number of halogens is 1. The molecule has 0 saturated heterocycles. The van der Waals surface area contributed by atoms with Gasteiger partial charge in [0.2, 0.25) is 5.91 Å². The number of amides is 1. The Morgan fingerprint density at radius 1 is 1.18 bits per heavy atom. The lowest BCUT2D eigenvalue weighted by molar-refractivity contribution is -0.116. The zero-order chi connectivity index (χ0) is 15.5. The molecule has 4 heteroatoms. The topological polar surface area (TPSA) is 44.9 Å². The Morgan fingerprint density at radius 2 is 1.95 bits per heavy atom. The van der Waals surface area contributed by atoms with Crippen LogP contribution in [0.15, 0.2) is 48.5 Å². The number of hydrogen-bond donors (Lipinski definition) is 2. The van der Waals surface area contributed by atoms with Gasteiger partial charge < -0.3 is 10.3 Å². The first kappa shape index (κ1) is 14.7. The summed E-state index contributed by atoms with van der Waals surface area (Å²) in [6, 6.07) is 15.5.